The van der Waals surface area contributed by atoms with Gasteiger partial charge in [-0.2, -0.15) is 0 Å². The van der Waals surface area contributed by atoms with E-state index in [4.69, 9.17) is 14.2 Å². The standard InChI is InChI=1S/C59H106O6/c1-4-7-10-13-16-19-22-24-25-26-27-28-29-30-31-32-33-35-37-40-43-46-49-52-58(61)64-55-56(54-63-57(60)51-48-45-42-39-36-21-18-15-12-9-6-3)65-59(62)53-50-47-44-41-38-34-23-20-17-14-11-8-5-2/h8,11,17,20,26-27,34,38,56H,4-7,9-10,12-16,18-19,21-25,28-33,35-37,39-55H2,1-3H3/b11-8-,20-17-,27-26-,38-34-. The third-order valence-electron chi connectivity index (χ3n) is 12.3. The zero-order valence-corrected chi connectivity index (χ0v) is 43.3. The van der Waals surface area contributed by atoms with Crippen molar-refractivity contribution in [2.24, 2.45) is 0 Å². The summed E-state index contributed by atoms with van der Waals surface area (Å²) in [5.41, 5.74) is 0. The predicted molar refractivity (Wildman–Crippen MR) is 279 cm³/mol. The van der Waals surface area contributed by atoms with Crippen LogP contribution in [0, 0.1) is 0 Å². The molecule has 0 bridgehead atoms. The largest absolute Gasteiger partial charge is 0.462 e. The maximum Gasteiger partial charge on any atom is 0.306 e. The third kappa shape index (κ3) is 52.2. The molecule has 0 radical (unpaired) electrons. The minimum atomic E-state index is -0.785. The molecule has 0 rings (SSSR count). The molecule has 0 saturated carbocycles. The molecule has 0 aliphatic carbocycles. The van der Waals surface area contributed by atoms with Crippen LogP contribution in [0.15, 0.2) is 48.6 Å². The second-order valence-corrected chi connectivity index (χ2v) is 18.8. The SMILES string of the molecule is CC/C=C\C/C=C\C/C=C\CCCCCC(=O)OC(COC(=O)CCCCCCCCCCCCC)COC(=O)CCCCCCCCCCCCC/C=C\CCCCCCCCCC. The summed E-state index contributed by atoms with van der Waals surface area (Å²) in [5.74, 6) is -0.903. The number of allylic oxidation sites excluding steroid dienone is 8. The normalized spacial score (nSPS) is 12.4. The monoisotopic (exact) mass is 911 g/mol. The lowest BCUT2D eigenvalue weighted by Gasteiger charge is -2.18. The first-order valence-corrected chi connectivity index (χ1v) is 28.1. The van der Waals surface area contributed by atoms with Gasteiger partial charge in [0.2, 0.25) is 0 Å². The zero-order chi connectivity index (χ0) is 47.2. The minimum absolute atomic E-state index is 0.0825. The van der Waals surface area contributed by atoms with Gasteiger partial charge in [0.25, 0.3) is 0 Å². The lowest BCUT2D eigenvalue weighted by molar-refractivity contribution is -0.167. The van der Waals surface area contributed by atoms with Gasteiger partial charge in [0.1, 0.15) is 13.2 Å². The predicted octanol–water partition coefficient (Wildman–Crippen LogP) is 18.7. The van der Waals surface area contributed by atoms with Crippen molar-refractivity contribution in [2.45, 2.75) is 297 Å². The number of carbonyl (C=O) groups is 3. The van der Waals surface area contributed by atoms with Gasteiger partial charge < -0.3 is 14.2 Å². The van der Waals surface area contributed by atoms with Gasteiger partial charge in [-0.25, -0.2) is 0 Å². The minimum Gasteiger partial charge on any atom is -0.462 e. The van der Waals surface area contributed by atoms with Crippen LogP contribution >= 0.6 is 0 Å². The molecule has 0 aliphatic rings. The molecule has 1 atom stereocenters. The second-order valence-electron chi connectivity index (χ2n) is 18.8. The van der Waals surface area contributed by atoms with E-state index in [9.17, 15) is 14.4 Å². The van der Waals surface area contributed by atoms with Crippen molar-refractivity contribution in [1.29, 1.82) is 0 Å². The molecular formula is C59H106O6. The molecule has 6 nitrogen and oxygen atoms in total. The van der Waals surface area contributed by atoms with E-state index in [-0.39, 0.29) is 31.1 Å². The molecule has 0 saturated heterocycles. The molecule has 0 amide bonds. The second kappa shape index (κ2) is 54.0. The quantitative estimate of drug-likeness (QED) is 0.0262. The fraction of sp³-hybridized carbons (Fsp3) is 0.814. The van der Waals surface area contributed by atoms with E-state index in [2.05, 4.69) is 69.4 Å². The van der Waals surface area contributed by atoms with Crippen LogP contribution in [0.25, 0.3) is 0 Å². The first-order valence-electron chi connectivity index (χ1n) is 28.1. The molecule has 378 valence electrons. The molecule has 0 N–H and O–H groups in total. The highest BCUT2D eigenvalue weighted by molar-refractivity contribution is 5.71. The lowest BCUT2D eigenvalue weighted by atomic mass is 10.0. The van der Waals surface area contributed by atoms with E-state index >= 15 is 0 Å². The maximum atomic E-state index is 12.8. The average Bonchev–Trinajstić information content (AvgIpc) is 3.30. The summed E-state index contributed by atoms with van der Waals surface area (Å²) in [6, 6.07) is 0. The summed E-state index contributed by atoms with van der Waals surface area (Å²) in [5, 5.41) is 0. The van der Waals surface area contributed by atoms with Crippen molar-refractivity contribution >= 4 is 17.9 Å². The van der Waals surface area contributed by atoms with E-state index in [1.54, 1.807) is 0 Å². The van der Waals surface area contributed by atoms with E-state index in [1.165, 1.54) is 167 Å². The number of rotatable bonds is 51. The van der Waals surface area contributed by atoms with Crippen molar-refractivity contribution in [3.63, 3.8) is 0 Å². The van der Waals surface area contributed by atoms with Crippen LogP contribution in [-0.2, 0) is 28.6 Å². The Labute approximate surface area is 403 Å². The third-order valence-corrected chi connectivity index (χ3v) is 12.3. The van der Waals surface area contributed by atoms with E-state index in [0.717, 1.165) is 83.5 Å². The maximum absolute atomic E-state index is 12.8. The molecule has 0 spiro atoms. The van der Waals surface area contributed by atoms with E-state index < -0.39 is 6.10 Å². The molecule has 0 aliphatic heterocycles. The number of esters is 3. The summed E-state index contributed by atoms with van der Waals surface area (Å²) in [4.78, 5) is 38.0. The number of unbranched alkanes of at least 4 members (excludes halogenated alkanes) is 32. The smallest absolute Gasteiger partial charge is 0.306 e. The summed E-state index contributed by atoms with van der Waals surface area (Å²) < 4.78 is 16.8. The Morgan fingerprint density at radius 1 is 0.323 bits per heavy atom. The van der Waals surface area contributed by atoms with Crippen LogP contribution in [0.5, 0.6) is 0 Å². The van der Waals surface area contributed by atoms with Crippen molar-refractivity contribution in [1.82, 2.24) is 0 Å². The van der Waals surface area contributed by atoms with Crippen LogP contribution in [0.4, 0.5) is 0 Å². The first-order chi connectivity index (χ1) is 32.0. The highest BCUT2D eigenvalue weighted by atomic mass is 16.6. The fourth-order valence-corrected chi connectivity index (χ4v) is 8.10. The molecule has 6 heteroatoms. The van der Waals surface area contributed by atoms with Crippen molar-refractivity contribution < 1.29 is 28.6 Å². The zero-order valence-electron chi connectivity index (χ0n) is 43.3. The Kier molecular flexibility index (Phi) is 51.8. The van der Waals surface area contributed by atoms with E-state index in [1.807, 2.05) is 0 Å². The fourth-order valence-electron chi connectivity index (χ4n) is 8.10. The lowest BCUT2D eigenvalue weighted by Crippen LogP contribution is -2.30. The van der Waals surface area contributed by atoms with Crippen LogP contribution in [-0.4, -0.2) is 37.2 Å². The van der Waals surface area contributed by atoms with Crippen LogP contribution < -0.4 is 0 Å². The van der Waals surface area contributed by atoms with Crippen LogP contribution in [0.1, 0.15) is 290 Å². The molecule has 0 aromatic rings. The van der Waals surface area contributed by atoms with Crippen LogP contribution in [0.2, 0.25) is 0 Å². The summed E-state index contributed by atoms with van der Waals surface area (Å²) >= 11 is 0. The Bertz CT molecular complexity index is 1140. The van der Waals surface area contributed by atoms with Gasteiger partial charge in [-0.3, -0.25) is 14.4 Å². The molecule has 0 heterocycles. The average molecular weight is 911 g/mol. The van der Waals surface area contributed by atoms with Gasteiger partial charge in [0.05, 0.1) is 0 Å². The summed E-state index contributed by atoms with van der Waals surface area (Å²) in [6.45, 7) is 6.52. The number of hydrogen-bond donors (Lipinski definition) is 0. The van der Waals surface area contributed by atoms with Gasteiger partial charge in [-0.05, 0) is 77.0 Å². The van der Waals surface area contributed by atoms with Crippen molar-refractivity contribution in [2.75, 3.05) is 13.2 Å². The Balaban J connectivity index is 4.25. The highest BCUT2D eigenvalue weighted by Gasteiger charge is 2.19. The highest BCUT2D eigenvalue weighted by Crippen LogP contribution is 2.16. The van der Waals surface area contributed by atoms with E-state index in [0.29, 0.717) is 19.3 Å². The number of hydrogen-bond acceptors (Lipinski definition) is 6. The number of carbonyl (C=O) groups excluding carboxylic acids is 3. The Hall–Kier alpha value is -2.63. The van der Waals surface area contributed by atoms with Crippen LogP contribution in [0.3, 0.4) is 0 Å². The van der Waals surface area contributed by atoms with Crippen molar-refractivity contribution in [3.8, 4) is 0 Å². The summed E-state index contributed by atoms with van der Waals surface area (Å²) in [7, 11) is 0. The number of ether oxygens (including phenoxy) is 3. The molecule has 0 aromatic heterocycles. The van der Waals surface area contributed by atoms with Gasteiger partial charge >= 0.3 is 17.9 Å². The van der Waals surface area contributed by atoms with Gasteiger partial charge in [-0.15, -0.1) is 0 Å². The molecule has 1 unspecified atom stereocenters. The van der Waals surface area contributed by atoms with Gasteiger partial charge in [0.15, 0.2) is 6.10 Å². The topological polar surface area (TPSA) is 78.9 Å². The molecular weight excluding hydrogens is 805 g/mol. The Morgan fingerprint density at radius 3 is 0.969 bits per heavy atom. The molecule has 65 heavy (non-hydrogen) atoms. The Morgan fingerprint density at radius 2 is 0.600 bits per heavy atom. The molecule has 0 fully saturated rings. The first kappa shape index (κ1) is 62.4. The van der Waals surface area contributed by atoms with Gasteiger partial charge in [-0.1, -0.05) is 243 Å². The molecule has 0 aromatic carbocycles. The van der Waals surface area contributed by atoms with Crippen molar-refractivity contribution in [3.05, 3.63) is 48.6 Å². The van der Waals surface area contributed by atoms with Gasteiger partial charge in [0, 0.05) is 19.3 Å². The summed E-state index contributed by atoms with van der Waals surface area (Å²) in [6.07, 6.45) is 65.4.